The number of benzene rings is 1. The Kier molecular flexibility index (Phi) is 8.43. The van der Waals surface area contributed by atoms with Crippen LogP contribution in [0.2, 0.25) is 0 Å². The smallest absolute Gasteiger partial charge is 0.0949 e. The zero-order valence-corrected chi connectivity index (χ0v) is 14.7. The van der Waals surface area contributed by atoms with Gasteiger partial charge in [-0.25, -0.2) is 0 Å². The number of rotatable bonds is 9. The van der Waals surface area contributed by atoms with E-state index in [0.717, 1.165) is 30.0 Å². The van der Waals surface area contributed by atoms with Crippen molar-refractivity contribution in [1.29, 1.82) is 0 Å². The Morgan fingerprint density at radius 2 is 1.75 bits per heavy atom. The average molecular weight is 342 g/mol. The Morgan fingerprint density at radius 1 is 1.10 bits per heavy atom. The minimum absolute atomic E-state index is 0.137. The summed E-state index contributed by atoms with van der Waals surface area (Å²) < 4.78 is 7.20. The molecule has 1 N–H and O–H groups in total. The van der Waals surface area contributed by atoms with E-state index in [2.05, 4.69) is 73.2 Å². The summed E-state index contributed by atoms with van der Waals surface area (Å²) in [4.78, 5) is 0. The van der Waals surface area contributed by atoms with E-state index in [0.29, 0.717) is 6.04 Å². The molecule has 0 aliphatic rings. The van der Waals surface area contributed by atoms with Crippen LogP contribution < -0.4 is 5.32 Å². The molecule has 1 aromatic rings. The van der Waals surface area contributed by atoms with Crippen LogP contribution in [0.1, 0.15) is 52.2 Å². The fourth-order valence-corrected chi connectivity index (χ4v) is 2.27. The lowest BCUT2D eigenvalue weighted by molar-refractivity contribution is 0.0474. The van der Waals surface area contributed by atoms with Crippen molar-refractivity contribution in [2.75, 3.05) is 13.2 Å². The van der Waals surface area contributed by atoms with Crippen molar-refractivity contribution in [1.82, 2.24) is 5.32 Å². The molecule has 0 spiro atoms. The van der Waals surface area contributed by atoms with E-state index in [-0.39, 0.29) is 6.10 Å². The molecule has 0 heterocycles. The van der Waals surface area contributed by atoms with E-state index < -0.39 is 0 Å². The molecule has 2 nitrogen and oxygen atoms in total. The molecule has 0 radical (unpaired) electrons. The van der Waals surface area contributed by atoms with Crippen LogP contribution in [0, 0.1) is 5.92 Å². The zero-order chi connectivity index (χ0) is 15.0. The van der Waals surface area contributed by atoms with Gasteiger partial charge in [-0.3, -0.25) is 0 Å². The first kappa shape index (κ1) is 17.7. The maximum atomic E-state index is 6.09. The van der Waals surface area contributed by atoms with Gasteiger partial charge in [0.1, 0.15) is 0 Å². The molecule has 1 unspecified atom stereocenters. The predicted octanol–water partition coefficient (Wildman–Crippen LogP) is 4.94. The molecular weight excluding hydrogens is 314 g/mol. The van der Waals surface area contributed by atoms with Crippen molar-refractivity contribution >= 4 is 15.9 Å². The molecule has 0 aliphatic carbocycles. The van der Waals surface area contributed by atoms with Crippen molar-refractivity contribution in [2.45, 2.75) is 52.7 Å². The summed E-state index contributed by atoms with van der Waals surface area (Å²) in [6.45, 7) is 10.5. The Bertz CT molecular complexity index is 362. The standard InChI is InChI=1S/C17H28BrNO/c1-13(2)6-5-11-20-17(12-19-14(3)4)15-7-9-16(18)10-8-15/h7-10,13-14,17,19H,5-6,11-12H2,1-4H3. The van der Waals surface area contributed by atoms with E-state index in [9.17, 15) is 0 Å². The Morgan fingerprint density at radius 3 is 2.30 bits per heavy atom. The quantitative estimate of drug-likeness (QED) is 0.642. The first-order valence-corrected chi connectivity index (χ1v) is 8.38. The monoisotopic (exact) mass is 341 g/mol. The van der Waals surface area contributed by atoms with E-state index in [1.54, 1.807) is 0 Å². The third-order valence-corrected chi connectivity index (χ3v) is 3.73. The lowest BCUT2D eigenvalue weighted by Crippen LogP contribution is -2.29. The predicted molar refractivity (Wildman–Crippen MR) is 90.0 cm³/mol. The van der Waals surface area contributed by atoms with Gasteiger partial charge in [-0.05, 0) is 36.5 Å². The first-order chi connectivity index (χ1) is 9.49. The van der Waals surface area contributed by atoms with Crippen LogP contribution in [0.5, 0.6) is 0 Å². The van der Waals surface area contributed by atoms with Crippen LogP contribution in [0.25, 0.3) is 0 Å². The van der Waals surface area contributed by atoms with E-state index >= 15 is 0 Å². The Balaban J connectivity index is 2.53. The second-order valence-corrected chi connectivity index (χ2v) is 6.93. The summed E-state index contributed by atoms with van der Waals surface area (Å²) in [5.74, 6) is 0.749. The van der Waals surface area contributed by atoms with Gasteiger partial charge in [-0.15, -0.1) is 0 Å². The van der Waals surface area contributed by atoms with Gasteiger partial charge >= 0.3 is 0 Å². The topological polar surface area (TPSA) is 21.3 Å². The minimum atomic E-state index is 0.137. The van der Waals surface area contributed by atoms with E-state index in [4.69, 9.17) is 4.74 Å². The molecule has 0 aromatic heterocycles. The van der Waals surface area contributed by atoms with Gasteiger partial charge in [0.15, 0.2) is 0 Å². The van der Waals surface area contributed by atoms with Gasteiger partial charge in [0.2, 0.25) is 0 Å². The normalized spacial score (nSPS) is 13.2. The molecule has 1 rings (SSSR count). The van der Waals surface area contributed by atoms with Gasteiger partial charge in [0.25, 0.3) is 0 Å². The van der Waals surface area contributed by atoms with Crippen LogP contribution in [0.4, 0.5) is 0 Å². The molecule has 1 aromatic carbocycles. The third-order valence-electron chi connectivity index (χ3n) is 3.20. The van der Waals surface area contributed by atoms with Gasteiger partial charge in [0, 0.05) is 23.7 Å². The second kappa shape index (κ2) is 9.54. The lowest BCUT2D eigenvalue weighted by atomic mass is 10.1. The molecule has 0 amide bonds. The largest absolute Gasteiger partial charge is 0.372 e. The highest BCUT2D eigenvalue weighted by Gasteiger charge is 2.12. The highest BCUT2D eigenvalue weighted by molar-refractivity contribution is 9.10. The van der Waals surface area contributed by atoms with Crippen molar-refractivity contribution in [3.63, 3.8) is 0 Å². The maximum Gasteiger partial charge on any atom is 0.0949 e. The van der Waals surface area contributed by atoms with Crippen LogP contribution in [-0.4, -0.2) is 19.2 Å². The van der Waals surface area contributed by atoms with Crippen molar-refractivity contribution in [3.05, 3.63) is 34.3 Å². The Labute approximate surface area is 132 Å². The molecule has 0 fully saturated rings. The molecule has 20 heavy (non-hydrogen) atoms. The SMILES string of the molecule is CC(C)CCCOC(CNC(C)C)c1ccc(Br)cc1. The van der Waals surface area contributed by atoms with Gasteiger partial charge in [-0.2, -0.15) is 0 Å². The van der Waals surface area contributed by atoms with Crippen LogP contribution in [0.15, 0.2) is 28.7 Å². The summed E-state index contributed by atoms with van der Waals surface area (Å²) >= 11 is 3.48. The van der Waals surface area contributed by atoms with Gasteiger partial charge in [0.05, 0.1) is 6.10 Å². The summed E-state index contributed by atoms with van der Waals surface area (Å²) in [7, 11) is 0. The summed E-state index contributed by atoms with van der Waals surface area (Å²) in [5.41, 5.74) is 1.24. The molecule has 0 saturated heterocycles. The maximum absolute atomic E-state index is 6.09. The molecule has 0 bridgehead atoms. The van der Waals surface area contributed by atoms with Crippen molar-refractivity contribution in [3.8, 4) is 0 Å². The highest BCUT2D eigenvalue weighted by Crippen LogP contribution is 2.20. The van der Waals surface area contributed by atoms with Gasteiger partial charge in [-0.1, -0.05) is 55.8 Å². The second-order valence-electron chi connectivity index (χ2n) is 6.01. The van der Waals surface area contributed by atoms with E-state index in [1.165, 1.54) is 12.0 Å². The van der Waals surface area contributed by atoms with Crippen molar-refractivity contribution < 1.29 is 4.74 Å². The van der Waals surface area contributed by atoms with Crippen molar-refractivity contribution in [2.24, 2.45) is 5.92 Å². The zero-order valence-electron chi connectivity index (χ0n) is 13.2. The molecule has 114 valence electrons. The summed E-state index contributed by atoms with van der Waals surface area (Å²) in [6, 6.07) is 8.91. The number of nitrogens with one attached hydrogen (secondary N) is 1. The fourth-order valence-electron chi connectivity index (χ4n) is 2.01. The van der Waals surface area contributed by atoms with Crippen LogP contribution >= 0.6 is 15.9 Å². The summed E-state index contributed by atoms with van der Waals surface area (Å²) in [5, 5.41) is 3.47. The molecule has 1 atom stereocenters. The highest BCUT2D eigenvalue weighted by atomic mass is 79.9. The number of halogens is 1. The fraction of sp³-hybridized carbons (Fsp3) is 0.647. The molecule has 3 heteroatoms. The van der Waals surface area contributed by atoms with Gasteiger partial charge < -0.3 is 10.1 Å². The number of hydrogen-bond donors (Lipinski definition) is 1. The van der Waals surface area contributed by atoms with Crippen LogP contribution in [0.3, 0.4) is 0 Å². The molecular formula is C17H28BrNO. The lowest BCUT2D eigenvalue weighted by Gasteiger charge is -2.21. The molecule has 0 saturated carbocycles. The first-order valence-electron chi connectivity index (χ1n) is 7.59. The number of hydrogen-bond acceptors (Lipinski definition) is 2. The average Bonchev–Trinajstić information content (AvgIpc) is 2.38. The van der Waals surface area contributed by atoms with Crippen LogP contribution in [-0.2, 0) is 4.74 Å². The van der Waals surface area contributed by atoms with E-state index in [1.807, 2.05) is 0 Å². The Hall–Kier alpha value is -0.380. The third kappa shape index (κ3) is 7.41. The minimum Gasteiger partial charge on any atom is -0.372 e. The molecule has 0 aliphatic heterocycles. The number of ether oxygens (including phenoxy) is 1. The summed E-state index contributed by atoms with van der Waals surface area (Å²) in [6.07, 6.45) is 2.49.